The highest BCUT2D eigenvalue weighted by Crippen LogP contribution is 2.34. The highest BCUT2D eigenvalue weighted by Gasteiger charge is 2.33. The minimum atomic E-state index is -0.973. The van der Waals surface area contributed by atoms with Gasteiger partial charge in [-0.1, -0.05) is 0 Å². The fourth-order valence-electron chi connectivity index (χ4n) is 2.15. The summed E-state index contributed by atoms with van der Waals surface area (Å²) in [6.07, 6.45) is 5.35. The SMILES string of the molecule is O=C(O)c1cc(Br)cnc1N(Cc1ccco1)C1CC1. The Labute approximate surface area is 124 Å². The van der Waals surface area contributed by atoms with Crippen molar-refractivity contribution in [3.63, 3.8) is 0 Å². The molecule has 0 spiro atoms. The van der Waals surface area contributed by atoms with E-state index in [1.165, 1.54) is 0 Å². The molecule has 5 nitrogen and oxygen atoms in total. The van der Waals surface area contributed by atoms with Gasteiger partial charge in [-0.15, -0.1) is 0 Å². The molecule has 0 saturated heterocycles. The van der Waals surface area contributed by atoms with Crippen molar-refractivity contribution in [2.45, 2.75) is 25.4 Å². The predicted molar refractivity (Wildman–Crippen MR) is 76.8 cm³/mol. The average molecular weight is 337 g/mol. The molecule has 6 heteroatoms. The Morgan fingerprint density at radius 3 is 2.95 bits per heavy atom. The summed E-state index contributed by atoms with van der Waals surface area (Å²) in [7, 11) is 0. The first kappa shape index (κ1) is 13.2. The molecule has 3 rings (SSSR count). The molecule has 1 saturated carbocycles. The smallest absolute Gasteiger partial charge is 0.339 e. The molecule has 0 aliphatic heterocycles. The van der Waals surface area contributed by atoms with E-state index >= 15 is 0 Å². The number of hydrogen-bond donors (Lipinski definition) is 1. The van der Waals surface area contributed by atoms with E-state index in [1.54, 1.807) is 18.5 Å². The highest BCUT2D eigenvalue weighted by atomic mass is 79.9. The molecule has 0 aromatic carbocycles. The number of carboxylic acids is 1. The van der Waals surface area contributed by atoms with Gasteiger partial charge in [-0.2, -0.15) is 0 Å². The van der Waals surface area contributed by atoms with Crippen LogP contribution in [0.25, 0.3) is 0 Å². The molecule has 1 aliphatic carbocycles. The number of nitrogens with zero attached hydrogens (tertiary/aromatic N) is 2. The molecular formula is C14H13BrN2O3. The van der Waals surface area contributed by atoms with Crippen LogP contribution < -0.4 is 4.90 Å². The van der Waals surface area contributed by atoms with Crippen LogP contribution in [0.1, 0.15) is 29.0 Å². The van der Waals surface area contributed by atoms with Crippen molar-refractivity contribution >= 4 is 27.7 Å². The number of aromatic carboxylic acids is 1. The first-order valence-corrected chi connectivity index (χ1v) is 7.12. The van der Waals surface area contributed by atoms with E-state index in [4.69, 9.17) is 4.42 Å². The van der Waals surface area contributed by atoms with Gasteiger partial charge in [0.1, 0.15) is 17.1 Å². The van der Waals surface area contributed by atoms with Crippen LogP contribution in [0, 0.1) is 0 Å². The van der Waals surface area contributed by atoms with Gasteiger partial charge in [0.15, 0.2) is 0 Å². The number of anilines is 1. The van der Waals surface area contributed by atoms with Crippen LogP contribution in [0.4, 0.5) is 5.82 Å². The summed E-state index contributed by atoms with van der Waals surface area (Å²) in [6.45, 7) is 0.534. The third kappa shape index (κ3) is 2.70. The van der Waals surface area contributed by atoms with Gasteiger partial charge in [0.05, 0.1) is 12.8 Å². The Morgan fingerprint density at radius 1 is 1.55 bits per heavy atom. The summed E-state index contributed by atoms with van der Waals surface area (Å²) in [5.74, 6) is 0.330. The third-order valence-electron chi connectivity index (χ3n) is 3.23. The van der Waals surface area contributed by atoms with Crippen LogP contribution in [-0.2, 0) is 6.54 Å². The van der Waals surface area contributed by atoms with E-state index in [1.807, 2.05) is 17.0 Å². The van der Waals surface area contributed by atoms with E-state index in [0.29, 0.717) is 22.9 Å². The maximum Gasteiger partial charge on any atom is 0.339 e. The fourth-order valence-corrected chi connectivity index (χ4v) is 2.48. The maximum atomic E-state index is 11.4. The van der Waals surface area contributed by atoms with Crippen LogP contribution in [0.2, 0.25) is 0 Å². The number of hydrogen-bond acceptors (Lipinski definition) is 4. The Hall–Kier alpha value is -1.82. The largest absolute Gasteiger partial charge is 0.478 e. The Kier molecular flexibility index (Phi) is 3.48. The van der Waals surface area contributed by atoms with Gasteiger partial charge in [-0.3, -0.25) is 0 Å². The van der Waals surface area contributed by atoms with Crippen LogP contribution in [0.15, 0.2) is 39.5 Å². The average Bonchev–Trinajstić information content (AvgIpc) is 3.13. The van der Waals surface area contributed by atoms with Gasteiger partial charge in [0, 0.05) is 16.7 Å². The number of pyridine rings is 1. The second-order valence-electron chi connectivity index (χ2n) is 4.77. The van der Waals surface area contributed by atoms with Gasteiger partial charge in [0.2, 0.25) is 0 Å². The number of carbonyl (C=O) groups is 1. The standard InChI is InChI=1S/C14H13BrN2O3/c15-9-6-12(14(18)19)13(16-7-9)17(10-3-4-10)8-11-2-1-5-20-11/h1-2,5-7,10H,3-4,8H2,(H,18,19). The molecule has 0 amide bonds. The van der Waals surface area contributed by atoms with Gasteiger partial charge >= 0.3 is 5.97 Å². The molecule has 2 aromatic rings. The van der Waals surface area contributed by atoms with Gasteiger partial charge < -0.3 is 14.4 Å². The number of carboxylic acid groups (broad SMARTS) is 1. The lowest BCUT2D eigenvalue weighted by Gasteiger charge is -2.24. The lowest BCUT2D eigenvalue weighted by atomic mass is 10.2. The summed E-state index contributed by atoms with van der Waals surface area (Å²) < 4.78 is 6.02. The van der Waals surface area contributed by atoms with Crippen LogP contribution >= 0.6 is 15.9 Å². The van der Waals surface area contributed by atoms with Crippen molar-refractivity contribution in [3.8, 4) is 0 Å². The van der Waals surface area contributed by atoms with Gasteiger partial charge in [0.25, 0.3) is 0 Å². The zero-order valence-corrected chi connectivity index (χ0v) is 12.2. The number of aromatic nitrogens is 1. The summed E-state index contributed by atoms with van der Waals surface area (Å²) in [6, 6.07) is 5.64. The Bertz CT molecular complexity index is 623. The molecule has 1 N–H and O–H groups in total. The highest BCUT2D eigenvalue weighted by molar-refractivity contribution is 9.10. The fraction of sp³-hybridized carbons (Fsp3) is 0.286. The monoisotopic (exact) mass is 336 g/mol. The molecule has 0 radical (unpaired) electrons. The van der Waals surface area contributed by atoms with Crippen molar-refractivity contribution in [1.29, 1.82) is 0 Å². The van der Waals surface area contributed by atoms with Crippen molar-refractivity contribution in [3.05, 3.63) is 46.5 Å². The zero-order valence-electron chi connectivity index (χ0n) is 10.6. The van der Waals surface area contributed by atoms with Crippen molar-refractivity contribution in [2.24, 2.45) is 0 Å². The lowest BCUT2D eigenvalue weighted by molar-refractivity contribution is 0.0697. The number of rotatable bonds is 5. The van der Waals surface area contributed by atoms with E-state index in [0.717, 1.165) is 18.6 Å². The molecule has 2 heterocycles. The molecule has 2 aromatic heterocycles. The molecule has 104 valence electrons. The molecule has 1 aliphatic rings. The minimum absolute atomic E-state index is 0.206. The van der Waals surface area contributed by atoms with E-state index < -0.39 is 5.97 Å². The molecule has 0 unspecified atom stereocenters. The maximum absolute atomic E-state index is 11.4. The van der Waals surface area contributed by atoms with Crippen LogP contribution in [0.5, 0.6) is 0 Å². The summed E-state index contributed by atoms with van der Waals surface area (Å²) in [5, 5.41) is 9.36. The second-order valence-corrected chi connectivity index (χ2v) is 5.68. The van der Waals surface area contributed by atoms with Crippen molar-refractivity contribution in [2.75, 3.05) is 4.90 Å². The van der Waals surface area contributed by atoms with Crippen molar-refractivity contribution < 1.29 is 14.3 Å². The third-order valence-corrected chi connectivity index (χ3v) is 3.66. The summed E-state index contributed by atoms with van der Waals surface area (Å²) >= 11 is 3.26. The van der Waals surface area contributed by atoms with Crippen molar-refractivity contribution in [1.82, 2.24) is 4.98 Å². The Morgan fingerprint density at radius 2 is 2.35 bits per heavy atom. The lowest BCUT2D eigenvalue weighted by Crippen LogP contribution is -2.27. The van der Waals surface area contributed by atoms with E-state index in [-0.39, 0.29) is 5.56 Å². The van der Waals surface area contributed by atoms with E-state index in [9.17, 15) is 9.90 Å². The zero-order chi connectivity index (χ0) is 14.1. The minimum Gasteiger partial charge on any atom is -0.478 e. The number of furan rings is 1. The summed E-state index contributed by atoms with van der Waals surface area (Å²) in [5.41, 5.74) is 0.206. The number of halogens is 1. The van der Waals surface area contributed by atoms with Crippen LogP contribution in [-0.4, -0.2) is 22.1 Å². The first-order chi connectivity index (χ1) is 9.65. The molecule has 20 heavy (non-hydrogen) atoms. The van der Waals surface area contributed by atoms with Crippen LogP contribution in [0.3, 0.4) is 0 Å². The molecule has 0 atom stereocenters. The molecule has 0 bridgehead atoms. The normalized spacial score (nSPS) is 14.2. The topological polar surface area (TPSA) is 66.6 Å². The molecular weight excluding hydrogens is 324 g/mol. The molecule has 1 fully saturated rings. The van der Waals surface area contributed by atoms with Gasteiger partial charge in [-0.05, 0) is 47.0 Å². The quantitative estimate of drug-likeness (QED) is 0.907. The second kappa shape index (κ2) is 5.28. The summed E-state index contributed by atoms with van der Waals surface area (Å²) in [4.78, 5) is 17.7. The van der Waals surface area contributed by atoms with Gasteiger partial charge in [-0.25, -0.2) is 9.78 Å². The Balaban J connectivity index is 1.97. The first-order valence-electron chi connectivity index (χ1n) is 6.33. The van der Waals surface area contributed by atoms with E-state index in [2.05, 4.69) is 20.9 Å². The predicted octanol–water partition coefficient (Wildman–Crippen LogP) is 3.30.